The van der Waals surface area contributed by atoms with Gasteiger partial charge in [-0.15, -0.1) is 0 Å². The fraction of sp³-hybridized carbons (Fsp3) is 0.769. The first-order valence-electron chi connectivity index (χ1n) is 6.57. The van der Waals surface area contributed by atoms with Crippen LogP contribution in [-0.2, 0) is 11.2 Å². The Bertz CT molecular complexity index is 384. The molecule has 17 heavy (non-hydrogen) atoms. The molecule has 0 radical (unpaired) electrons. The van der Waals surface area contributed by atoms with Crippen molar-refractivity contribution in [2.45, 2.75) is 58.4 Å². The number of hydrogen-bond acceptors (Lipinski definition) is 3. The second-order valence-electron chi connectivity index (χ2n) is 5.27. The van der Waals surface area contributed by atoms with E-state index in [1.54, 1.807) is 6.33 Å². The van der Waals surface area contributed by atoms with Gasteiger partial charge in [-0.1, -0.05) is 6.42 Å². The summed E-state index contributed by atoms with van der Waals surface area (Å²) in [6, 6.07) is 0.342. The maximum absolute atomic E-state index is 11.6. The highest BCUT2D eigenvalue weighted by Crippen LogP contribution is 2.24. The van der Waals surface area contributed by atoms with Crippen molar-refractivity contribution in [3.8, 4) is 0 Å². The minimum Gasteiger partial charge on any atom is -0.300 e. The number of carbonyl (C=O) groups is 1. The van der Waals surface area contributed by atoms with Crippen LogP contribution in [0.25, 0.3) is 0 Å². The summed E-state index contributed by atoms with van der Waals surface area (Å²) in [4.78, 5) is 15.9. The number of ketones is 1. The maximum atomic E-state index is 11.6. The van der Waals surface area contributed by atoms with Crippen molar-refractivity contribution in [1.29, 1.82) is 0 Å². The molecule has 1 fully saturated rings. The molecule has 1 aliphatic rings. The molecule has 1 heterocycles. The lowest BCUT2D eigenvalue weighted by atomic mass is 9.96. The number of hydrogen-bond donors (Lipinski definition) is 0. The summed E-state index contributed by atoms with van der Waals surface area (Å²) >= 11 is 0. The normalized spacial score (nSPS) is 21.8. The number of aromatic nitrogens is 3. The highest BCUT2D eigenvalue weighted by molar-refractivity contribution is 5.78. The average molecular weight is 235 g/mol. The molecule has 0 aromatic carbocycles. The monoisotopic (exact) mass is 235 g/mol. The van der Waals surface area contributed by atoms with E-state index in [-0.39, 0.29) is 0 Å². The first kappa shape index (κ1) is 12.3. The van der Waals surface area contributed by atoms with Gasteiger partial charge in [-0.05, 0) is 32.6 Å². The summed E-state index contributed by atoms with van der Waals surface area (Å²) in [6.45, 7) is 4.22. The van der Waals surface area contributed by atoms with Gasteiger partial charge < -0.3 is 0 Å². The molecule has 1 aliphatic carbocycles. The standard InChI is InChI=1S/C13H21N3O/c1-10(2)16-13(14-9-15-16)8-11-5-3-4-6-12(17)7-11/h9-11H,3-8H2,1-2H3. The molecule has 1 atom stereocenters. The molecular formula is C13H21N3O. The number of Topliss-reactive ketones (excluding diaryl/α,β-unsaturated/α-hetero) is 1. The molecule has 4 nitrogen and oxygen atoms in total. The van der Waals surface area contributed by atoms with Crippen LogP contribution in [-0.4, -0.2) is 20.5 Å². The van der Waals surface area contributed by atoms with E-state index in [1.807, 2.05) is 4.68 Å². The summed E-state index contributed by atoms with van der Waals surface area (Å²) in [5.74, 6) is 1.91. The van der Waals surface area contributed by atoms with Gasteiger partial charge in [0.25, 0.3) is 0 Å². The van der Waals surface area contributed by atoms with Crippen molar-refractivity contribution in [2.75, 3.05) is 0 Å². The van der Waals surface area contributed by atoms with Gasteiger partial charge in [0.15, 0.2) is 0 Å². The summed E-state index contributed by atoms with van der Waals surface area (Å²) in [5.41, 5.74) is 0. The van der Waals surface area contributed by atoms with E-state index in [4.69, 9.17) is 0 Å². The Morgan fingerprint density at radius 1 is 1.47 bits per heavy atom. The zero-order chi connectivity index (χ0) is 12.3. The first-order chi connectivity index (χ1) is 8.16. The fourth-order valence-corrected chi connectivity index (χ4v) is 2.57. The summed E-state index contributed by atoms with van der Waals surface area (Å²) in [7, 11) is 0. The molecule has 94 valence electrons. The van der Waals surface area contributed by atoms with Crippen molar-refractivity contribution in [2.24, 2.45) is 5.92 Å². The van der Waals surface area contributed by atoms with Gasteiger partial charge in [-0.25, -0.2) is 9.67 Å². The SMILES string of the molecule is CC(C)n1ncnc1CC1CCCCC(=O)C1. The molecule has 1 aromatic rings. The molecule has 0 aliphatic heterocycles. The zero-order valence-electron chi connectivity index (χ0n) is 10.7. The predicted molar refractivity (Wildman–Crippen MR) is 65.7 cm³/mol. The molecule has 0 N–H and O–H groups in total. The Morgan fingerprint density at radius 3 is 3.06 bits per heavy atom. The second-order valence-corrected chi connectivity index (χ2v) is 5.27. The van der Waals surface area contributed by atoms with Gasteiger partial charge in [0.1, 0.15) is 17.9 Å². The second kappa shape index (κ2) is 5.43. The topological polar surface area (TPSA) is 47.8 Å². The Balaban J connectivity index is 2.03. The quantitative estimate of drug-likeness (QED) is 0.756. The van der Waals surface area contributed by atoms with Crippen LogP contribution in [0.5, 0.6) is 0 Å². The highest BCUT2D eigenvalue weighted by Gasteiger charge is 2.20. The molecule has 0 spiro atoms. The van der Waals surface area contributed by atoms with Gasteiger partial charge in [0, 0.05) is 25.3 Å². The van der Waals surface area contributed by atoms with Crippen LogP contribution >= 0.6 is 0 Å². The molecule has 1 unspecified atom stereocenters. The lowest BCUT2D eigenvalue weighted by Gasteiger charge is -2.15. The van der Waals surface area contributed by atoms with E-state index in [2.05, 4.69) is 23.9 Å². The third-order valence-electron chi connectivity index (χ3n) is 3.44. The van der Waals surface area contributed by atoms with Crippen molar-refractivity contribution in [1.82, 2.24) is 14.8 Å². The number of carbonyl (C=O) groups excluding carboxylic acids is 1. The Kier molecular flexibility index (Phi) is 3.92. The van der Waals surface area contributed by atoms with Gasteiger partial charge in [0.05, 0.1) is 0 Å². The lowest BCUT2D eigenvalue weighted by Crippen LogP contribution is -2.14. The number of rotatable bonds is 3. The van der Waals surface area contributed by atoms with E-state index >= 15 is 0 Å². The van der Waals surface area contributed by atoms with Gasteiger partial charge in [-0.3, -0.25) is 4.79 Å². The van der Waals surface area contributed by atoms with E-state index in [9.17, 15) is 4.79 Å². The molecule has 0 bridgehead atoms. The summed E-state index contributed by atoms with van der Waals surface area (Å²) in [5, 5.41) is 4.24. The van der Waals surface area contributed by atoms with E-state index in [0.29, 0.717) is 17.7 Å². The molecule has 0 amide bonds. The molecular weight excluding hydrogens is 214 g/mol. The van der Waals surface area contributed by atoms with Crippen LogP contribution in [0.15, 0.2) is 6.33 Å². The van der Waals surface area contributed by atoms with Gasteiger partial charge in [-0.2, -0.15) is 5.10 Å². The van der Waals surface area contributed by atoms with Crippen LogP contribution < -0.4 is 0 Å². The van der Waals surface area contributed by atoms with Crippen molar-refractivity contribution >= 4 is 5.78 Å². The third-order valence-corrected chi connectivity index (χ3v) is 3.44. The third kappa shape index (κ3) is 3.14. The van der Waals surface area contributed by atoms with Crippen LogP contribution in [0, 0.1) is 5.92 Å². The Hall–Kier alpha value is -1.19. The van der Waals surface area contributed by atoms with Gasteiger partial charge >= 0.3 is 0 Å². The molecule has 0 saturated heterocycles. The fourth-order valence-electron chi connectivity index (χ4n) is 2.57. The molecule has 4 heteroatoms. The average Bonchev–Trinajstić information content (AvgIpc) is 2.62. The maximum Gasteiger partial charge on any atom is 0.138 e. The molecule has 1 aromatic heterocycles. The zero-order valence-corrected chi connectivity index (χ0v) is 10.7. The van der Waals surface area contributed by atoms with E-state index < -0.39 is 0 Å². The van der Waals surface area contributed by atoms with Crippen molar-refractivity contribution in [3.05, 3.63) is 12.2 Å². The van der Waals surface area contributed by atoms with Crippen LogP contribution in [0.2, 0.25) is 0 Å². The van der Waals surface area contributed by atoms with Crippen LogP contribution in [0.3, 0.4) is 0 Å². The van der Waals surface area contributed by atoms with Crippen molar-refractivity contribution in [3.63, 3.8) is 0 Å². The minimum atomic E-state index is 0.342. The molecule has 1 saturated carbocycles. The van der Waals surface area contributed by atoms with Crippen molar-refractivity contribution < 1.29 is 4.79 Å². The Labute approximate surface area is 102 Å². The minimum absolute atomic E-state index is 0.342. The largest absolute Gasteiger partial charge is 0.300 e. The van der Waals surface area contributed by atoms with Crippen LogP contribution in [0.1, 0.15) is 57.8 Å². The summed E-state index contributed by atoms with van der Waals surface area (Å²) < 4.78 is 1.97. The van der Waals surface area contributed by atoms with E-state index in [0.717, 1.165) is 37.9 Å². The highest BCUT2D eigenvalue weighted by atomic mass is 16.1. The number of nitrogens with zero attached hydrogens (tertiary/aromatic N) is 3. The van der Waals surface area contributed by atoms with Crippen LogP contribution in [0.4, 0.5) is 0 Å². The van der Waals surface area contributed by atoms with E-state index in [1.165, 1.54) is 6.42 Å². The smallest absolute Gasteiger partial charge is 0.138 e. The predicted octanol–water partition coefficient (Wildman–Crippen LogP) is 2.55. The lowest BCUT2D eigenvalue weighted by molar-refractivity contribution is -0.119. The molecule has 2 rings (SSSR count). The Morgan fingerprint density at radius 2 is 2.29 bits per heavy atom. The summed E-state index contributed by atoms with van der Waals surface area (Å²) in [6.07, 6.45) is 7.39. The van der Waals surface area contributed by atoms with Gasteiger partial charge in [0.2, 0.25) is 0 Å². The first-order valence-corrected chi connectivity index (χ1v) is 6.57.